The molecule has 3 nitrogen and oxygen atoms in total. The molecule has 0 saturated heterocycles. The maximum absolute atomic E-state index is 6.32. The largest absolute Gasteiger partial charge is 0.310 e. The van der Waals surface area contributed by atoms with E-state index in [-0.39, 0.29) is 0 Å². The molecular weight excluding hydrogens is 278 g/mol. The topological polar surface area (TPSA) is 29.9 Å². The summed E-state index contributed by atoms with van der Waals surface area (Å²) < 4.78 is 2.32. The molecule has 1 rings (SSSR count). The highest BCUT2D eigenvalue weighted by molar-refractivity contribution is 8.00. The predicted molar refractivity (Wildman–Crippen MR) is 86.2 cm³/mol. The fourth-order valence-corrected chi connectivity index (χ4v) is 3.33. The number of rotatable bonds is 8. The first-order valence-electron chi connectivity index (χ1n) is 7.01. The third kappa shape index (κ3) is 3.89. The Kier molecular flexibility index (Phi) is 6.71. The smallest absolute Gasteiger partial charge is 0.0860 e. The Morgan fingerprint density at radius 2 is 1.95 bits per heavy atom. The first-order valence-corrected chi connectivity index (χ1v) is 8.61. The predicted octanol–water partition coefficient (Wildman–Crippen LogP) is 3.88. The van der Waals surface area contributed by atoms with Crippen molar-refractivity contribution in [3.8, 4) is 0 Å². The normalized spacial score (nSPS) is 12.1. The number of nitrogens with zero attached hydrogens (tertiary/aromatic N) is 2. The maximum atomic E-state index is 6.32. The average Bonchev–Trinajstić information content (AvgIpc) is 2.71. The number of aryl methyl sites for hydroxylation is 2. The summed E-state index contributed by atoms with van der Waals surface area (Å²) in [5, 5.41) is 8.80. The summed E-state index contributed by atoms with van der Waals surface area (Å²) >= 11 is 8.27. The van der Waals surface area contributed by atoms with Crippen molar-refractivity contribution in [3.63, 3.8) is 0 Å². The zero-order chi connectivity index (χ0) is 14.5. The van der Waals surface area contributed by atoms with Crippen LogP contribution in [0.25, 0.3) is 0 Å². The minimum atomic E-state index is 0.332. The summed E-state index contributed by atoms with van der Waals surface area (Å²) in [6.45, 7) is 11.2. The molecule has 0 amide bonds. The van der Waals surface area contributed by atoms with Gasteiger partial charge in [-0.1, -0.05) is 25.4 Å². The molecule has 110 valence electrons. The van der Waals surface area contributed by atoms with Crippen molar-refractivity contribution >= 4 is 23.4 Å². The summed E-state index contributed by atoms with van der Waals surface area (Å²) in [5.41, 5.74) is 2.02. The fraction of sp³-hybridized carbons (Fsp3) is 0.786. The summed E-state index contributed by atoms with van der Waals surface area (Å²) in [7, 11) is 0. The number of aromatic nitrogens is 2. The molecule has 0 saturated carbocycles. The monoisotopic (exact) mass is 303 g/mol. The molecule has 1 aromatic heterocycles. The lowest BCUT2D eigenvalue weighted by Crippen LogP contribution is -2.36. The number of halogens is 1. The molecule has 1 aromatic rings. The molecule has 0 aromatic carbocycles. The molecule has 0 spiro atoms. The molecule has 0 aliphatic heterocycles. The Labute approximate surface area is 126 Å². The first kappa shape index (κ1) is 16.9. The zero-order valence-corrected chi connectivity index (χ0v) is 14.3. The van der Waals surface area contributed by atoms with Crippen LogP contribution in [0.5, 0.6) is 0 Å². The van der Waals surface area contributed by atoms with Gasteiger partial charge in [-0.15, -0.1) is 0 Å². The van der Waals surface area contributed by atoms with Gasteiger partial charge in [0.05, 0.1) is 16.4 Å². The van der Waals surface area contributed by atoms with Crippen molar-refractivity contribution in [1.29, 1.82) is 0 Å². The quantitative estimate of drug-likeness (QED) is 0.790. The molecule has 0 atom stereocenters. The molecule has 0 aliphatic carbocycles. The van der Waals surface area contributed by atoms with E-state index in [4.69, 9.17) is 11.6 Å². The minimum absolute atomic E-state index is 0.332. The lowest BCUT2D eigenvalue weighted by molar-refractivity contribution is 0.483. The van der Waals surface area contributed by atoms with E-state index >= 15 is 0 Å². The van der Waals surface area contributed by atoms with E-state index in [2.05, 4.69) is 37.4 Å². The van der Waals surface area contributed by atoms with Crippen LogP contribution < -0.4 is 5.32 Å². The van der Waals surface area contributed by atoms with Gasteiger partial charge >= 0.3 is 0 Å². The van der Waals surface area contributed by atoms with Gasteiger partial charge in [-0.25, -0.2) is 0 Å². The van der Waals surface area contributed by atoms with Crippen molar-refractivity contribution in [2.45, 2.75) is 58.4 Å². The summed E-state index contributed by atoms with van der Waals surface area (Å²) in [6.07, 6.45) is 4.55. The molecular formula is C14H26ClN3S. The van der Waals surface area contributed by atoms with E-state index in [1.807, 2.05) is 23.4 Å². The second-order valence-corrected chi connectivity index (χ2v) is 6.51. The van der Waals surface area contributed by atoms with Gasteiger partial charge in [-0.2, -0.15) is 16.9 Å². The first-order chi connectivity index (χ1) is 9.03. The van der Waals surface area contributed by atoms with Crippen LogP contribution in [0.4, 0.5) is 0 Å². The van der Waals surface area contributed by atoms with Gasteiger partial charge < -0.3 is 5.32 Å². The Balaban J connectivity index is 2.67. The highest BCUT2D eigenvalue weighted by Gasteiger charge is 2.24. The van der Waals surface area contributed by atoms with E-state index in [1.54, 1.807) is 0 Å². The molecule has 0 unspecified atom stereocenters. The van der Waals surface area contributed by atoms with E-state index in [0.717, 1.165) is 36.0 Å². The van der Waals surface area contributed by atoms with Crippen molar-refractivity contribution in [2.75, 3.05) is 12.8 Å². The van der Waals surface area contributed by atoms with Crippen molar-refractivity contribution in [1.82, 2.24) is 15.1 Å². The SMILES string of the molecule is CCn1nc(C)c(Cl)c1CNCC(CC)(CC)SC. The van der Waals surface area contributed by atoms with Gasteiger partial charge in [-0.05, 0) is 32.9 Å². The van der Waals surface area contributed by atoms with Crippen molar-refractivity contribution < 1.29 is 0 Å². The zero-order valence-electron chi connectivity index (χ0n) is 12.7. The van der Waals surface area contributed by atoms with E-state index < -0.39 is 0 Å². The van der Waals surface area contributed by atoms with E-state index in [9.17, 15) is 0 Å². The Morgan fingerprint density at radius 3 is 2.42 bits per heavy atom. The van der Waals surface area contributed by atoms with Gasteiger partial charge in [0.1, 0.15) is 0 Å². The number of hydrogen-bond donors (Lipinski definition) is 1. The van der Waals surface area contributed by atoms with Crippen LogP contribution in [-0.2, 0) is 13.1 Å². The Morgan fingerprint density at radius 1 is 1.32 bits per heavy atom. The second-order valence-electron chi connectivity index (χ2n) is 4.86. The maximum Gasteiger partial charge on any atom is 0.0860 e. The number of hydrogen-bond acceptors (Lipinski definition) is 3. The highest BCUT2D eigenvalue weighted by atomic mass is 35.5. The van der Waals surface area contributed by atoms with Crippen LogP contribution in [0, 0.1) is 6.92 Å². The van der Waals surface area contributed by atoms with Crippen molar-refractivity contribution in [2.24, 2.45) is 0 Å². The van der Waals surface area contributed by atoms with Crippen LogP contribution in [0.2, 0.25) is 5.02 Å². The molecule has 0 bridgehead atoms. The Hall–Kier alpha value is -0.190. The standard InChI is InChI=1S/C14H26ClN3S/c1-6-14(7-2,19-5)10-16-9-12-13(15)11(4)17-18(12)8-3/h16H,6-10H2,1-5H3. The number of thioether (sulfide) groups is 1. The van der Waals surface area contributed by atoms with Gasteiger partial charge in [0.2, 0.25) is 0 Å². The van der Waals surface area contributed by atoms with Gasteiger partial charge in [0.15, 0.2) is 0 Å². The van der Waals surface area contributed by atoms with Gasteiger partial charge in [0.25, 0.3) is 0 Å². The third-order valence-corrected chi connectivity index (χ3v) is 5.99. The lowest BCUT2D eigenvalue weighted by atomic mass is 10.0. The van der Waals surface area contributed by atoms with E-state index in [0.29, 0.717) is 4.75 Å². The second kappa shape index (κ2) is 7.55. The molecule has 5 heteroatoms. The van der Waals surface area contributed by atoms with Crippen LogP contribution in [-0.4, -0.2) is 27.3 Å². The summed E-state index contributed by atoms with van der Waals surface area (Å²) in [5.74, 6) is 0. The third-order valence-electron chi connectivity index (χ3n) is 3.91. The van der Waals surface area contributed by atoms with E-state index in [1.165, 1.54) is 12.8 Å². The highest BCUT2D eigenvalue weighted by Crippen LogP contribution is 2.29. The molecule has 0 fully saturated rings. The fourth-order valence-electron chi connectivity index (χ4n) is 2.31. The molecule has 0 aliphatic rings. The van der Waals surface area contributed by atoms with Crippen molar-refractivity contribution in [3.05, 3.63) is 16.4 Å². The van der Waals surface area contributed by atoms with Gasteiger partial charge in [-0.3, -0.25) is 4.68 Å². The van der Waals surface area contributed by atoms with Gasteiger partial charge in [0, 0.05) is 24.4 Å². The molecule has 19 heavy (non-hydrogen) atoms. The molecule has 1 N–H and O–H groups in total. The van der Waals surface area contributed by atoms with Crippen LogP contribution in [0.3, 0.4) is 0 Å². The number of nitrogens with one attached hydrogen (secondary N) is 1. The summed E-state index contributed by atoms with van der Waals surface area (Å²) in [6, 6.07) is 0. The minimum Gasteiger partial charge on any atom is -0.310 e. The average molecular weight is 304 g/mol. The van der Waals surface area contributed by atoms with Crippen LogP contribution >= 0.6 is 23.4 Å². The lowest BCUT2D eigenvalue weighted by Gasteiger charge is -2.30. The Bertz CT molecular complexity index is 391. The summed E-state index contributed by atoms with van der Waals surface area (Å²) in [4.78, 5) is 0. The molecule has 0 radical (unpaired) electrons. The van der Waals surface area contributed by atoms with Crippen LogP contribution in [0.1, 0.15) is 45.0 Å². The van der Waals surface area contributed by atoms with Crippen LogP contribution in [0.15, 0.2) is 0 Å². The molecule has 1 heterocycles.